The number of urea groups is 1. The number of rotatable bonds is 2. The number of aliphatic carboxylic acids is 1. The second-order valence-electron chi connectivity index (χ2n) is 5.69. The molecule has 0 aromatic heterocycles. The molecule has 0 radical (unpaired) electrons. The predicted octanol–water partition coefficient (Wildman–Crippen LogP) is 1.78. The molecule has 2 fully saturated rings. The molecule has 2 atom stereocenters. The van der Waals surface area contributed by atoms with Crippen LogP contribution in [0.2, 0.25) is 0 Å². The number of hydrogen-bond donors (Lipinski definition) is 1. The molecule has 2 heterocycles. The third-order valence-corrected chi connectivity index (χ3v) is 4.11. The molecule has 2 aliphatic heterocycles. The van der Waals surface area contributed by atoms with Gasteiger partial charge >= 0.3 is 12.0 Å². The topological polar surface area (TPSA) is 60.9 Å². The van der Waals surface area contributed by atoms with Gasteiger partial charge in [-0.2, -0.15) is 0 Å². The quantitative estimate of drug-likeness (QED) is 0.817. The highest BCUT2D eigenvalue weighted by Gasteiger charge is 2.38. The highest BCUT2D eigenvalue weighted by atomic mass is 16.4. The summed E-state index contributed by atoms with van der Waals surface area (Å²) in [6.07, 6.45) is 3.51. The first kappa shape index (κ1) is 13.2. The Morgan fingerprint density at radius 3 is 2.22 bits per heavy atom. The Labute approximate surface area is 108 Å². The second kappa shape index (κ2) is 5.16. The smallest absolute Gasteiger partial charge is 0.320 e. The first-order valence-electron chi connectivity index (χ1n) is 6.78. The zero-order chi connectivity index (χ0) is 13.3. The van der Waals surface area contributed by atoms with Gasteiger partial charge in [-0.3, -0.25) is 4.79 Å². The maximum absolute atomic E-state index is 12.3. The molecule has 2 saturated heterocycles. The summed E-state index contributed by atoms with van der Waals surface area (Å²) in [6, 6.07) is 0.705. The van der Waals surface area contributed by atoms with E-state index >= 15 is 0 Å². The van der Waals surface area contributed by atoms with Crippen molar-refractivity contribution in [2.45, 2.75) is 51.6 Å². The van der Waals surface area contributed by atoms with Crippen LogP contribution in [0.15, 0.2) is 0 Å². The van der Waals surface area contributed by atoms with Crippen LogP contribution in [0.25, 0.3) is 0 Å². The summed E-state index contributed by atoms with van der Waals surface area (Å²) in [7, 11) is 0. The van der Waals surface area contributed by atoms with Gasteiger partial charge in [-0.05, 0) is 33.1 Å². The summed E-state index contributed by atoms with van der Waals surface area (Å²) >= 11 is 0. The van der Waals surface area contributed by atoms with E-state index in [0.717, 1.165) is 12.8 Å². The lowest BCUT2D eigenvalue weighted by atomic mass is 9.95. The van der Waals surface area contributed by atoms with Crippen LogP contribution in [0.3, 0.4) is 0 Å². The van der Waals surface area contributed by atoms with Gasteiger partial charge in [0, 0.05) is 31.1 Å². The number of carboxylic acids is 1. The lowest BCUT2D eigenvalue weighted by Gasteiger charge is -2.46. The Morgan fingerprint density at radius 2 is 1.72 bits per heavy atom. The van der Waals surface area contributed by atoms with Gasteiger partial charge < -0.3 is 14.9 Å². The first-order valence-corrected chi connectivity index (χ1v) is 6.78. The first-order chi connectivity index (χ1) is 8.49. The fourth-order valence-electron chi connectivity index (χ4n) is 3.06. The fourth-order valence-corrected chi connectivity index (χ4v) is 3.06. The van der Waals surface area contributed by atoms with Crippen LogP contribution in [-0.2, 0) is 4.79 Å². The van der Waals surface area contributed by atoms with Gasteiger partial charge in [0.25, 0.3) is 0 Å². The Morgan fingerprint density at radius 1 is 1.17 bits per heavy atom. The van der Waals surface area contributed by atoms with E-state index in [-0.39, 0.29) is 18.4 Å². The molecule has 0 aliphatic carbocycles. The average Bonchev–Trinajstić information content (AvgIpc) is 2.22. The zero-order valence-corrected chi connectivity index (χ0v) is 11.1. The molecule has 18 heavy (non-hydrogen) atoms. The average molecular weight is 254 g/mol. The minimum atomic E-state index is -0.771. The van der Waals surface area contributed by atoms with Crippen molar-refractivity contribution in [2.24, 2.45) is 5.92 Å². The minimum absolute atomic E-state index is 0.0938. The van der Waals surface area contributed by atoms with Crippen molar-refractivity contribution in [1.82, 2.24) is 9.80 Å². The molecule has 0 bridgehead atoms. The Balaban J connectivity index is 1.87. The highest BCUT2D eigenvalue weighted by molar-refractivity contribution is 5.76. The van der Waals surface area contributed by atoms with Crippen molar-refractivity contribution in [3.8, 4) is 0 Å². The van der Waals surface area contributed by atoms with Gasteiger partial charge in [-0.1, -0.05) is 0 Å². The SMILES string of the molecule is C[C@@H]1CCC[C@H](C)N1C(=O)N1CC(CC(=O)O)C1. The molecule has 2 amide bonds. The molecule has 0 spiro atoms. The summed E-state index contributed by atoms with van der Waals surface area (Å²) in [5, 5.41) is 8.69. The van der Waals surface area contributed by atoms with Gasteiger partial charge in [0.15, 0.2) is 0 Å². The Kier molecular flexibility index (Phi) is 3.78. The third-order valence-electron chi connectivity index (χ3n) is 4.11. The molecule has 0 aromatic rings. The van der Waals surface area contributed by atoms with Gasteiger partial charge in [0.05, 0.1) is 6.42 Å². The van der Waals surface area contributed by atoms with Crippen molar-refractivity contribution < 1.29 is 14.7 Å². The molecular formula is C13H22N2O3. The lowest BCUT2D eigenvalue weighted by molar-refractivity contribution is -0.139. The van der Waals surface area contributed by atoms with Crippen LogP contribution in [0.5, 0.6) is 0 Å². The normalized spacial score (nSPS) is 29.0. The maximum atomic E-state index is 12.3. The van der Waals surface area contributed by atoms with E-state index in [2.05, 4.69) is 13.8 Å². The molecule has 5 heteroatoms. The summed E-state index contributed by atoms with van der Waals surface area (Å²) < 4.78 is 0. The van der Waals surface area contributed by atoms with Crippen LogP contribution in [0.4, 0.5) is 4.79 Å². The number of carboxylic acid groups (broad SMARTS) is 1. The Bertz CT molecular complexity index is 329. The number of carbonyl (C=O) groups is 2. The van der Waals surface area contributed by atoms with E-state index in [1.165, 1.54) is 6.42 Å². The summed E-state index contributed by atoms with van der Waals surface area (Å²) in [4.78, 5) is 26.7. The lowest BCUT2D eigenvalue weighted by Crippen LogP contribution is -2.59. The van der Waals surface area contributed by atoms with Gasteiger partial charge in [-0.25, -0.2) is 4.79 Å². The minimum Gasteiger partial charge on any atom is -0.481 e. The number of likely N-dealkylation sites (tertiary alicyclic amines) is 2. The maximum Gasteiger partial charge on any atom is 0.320 e. The number of carbonyl (C=O) groups excluding carboxylic acids is 1. The van der Waals surface area contributed by atoms with Crippen LogP contribution < -0.4 is 0 Å². The molecule has 0 unspecified atom stereocenters. The predicted molar refractivity (Wildman–Crippen MR) is 67.3 cm³/mol. The molecule has 0 aromatic carbocycles. The molecule has 102 valence electrons. The molecule has 5 nitrogen and oxygen atoms in total. The van der Waals surface area contributed by atoms with Crippen molar-refractivity contribution in [1.29, 1.82) is 0 Å². The summed E-state index contributed by atoms with van der Waals surface area (Å²) in [6.45, 7) is 5.40. The van der Waals surface area contributed by atoms with Crippen molar-refractivity contribution >= 4 is 12.0 Å². The second-order valence-corrected chi connectivity index (χ2v) is 5.69. The van der Waals surface area contributed by atoms with E-state index < -0.39 is 5.97 Å². The van der Waals surface area contributed by atoms with E-state index in [9.17, 15) is 9.59 Å². The summed E-state index contributed by atoms with van der Waals surface area (Å²) in [5.41, 5.74) is 0. The number of amides is 2. The molecule has 0 saturated carbocycles. The van der Waals surface area contributed by atoms with E-state index in [1.54, 1.807) is 4.90 Å². The van der Waals surface area contributed by atoms with Gasteiger partial charge in [-0.15, -0.1) is 0 Å². The number of nitrogens with zero attached hydrogens (tertiary/aromatic N) is 2. The third kappa shape index (κ3) is 2.60. The van der Waals surface area contributed by atoms with Gasteiger partial charge in [0.2, 0.25) is 0 Å². The van der Waals surface area contributed by atoms with Crippen LogP contribution in [0, 0.1) is 5.92 Å². The highest BCUT2D eigenvalue weighted by Crippen LogP contribution is 2.27. The van der Waals surface area contributed by atoms with Gasteiger partial charge in [0.1, 0.15) is 0 Å². The van der Waals surface area contributed by atoms with Crippen molar-refractivity contribution in [3.63, 3.8) is 0 Å². The van der Waals surface area contributed by atoms with E-state index in [4.69, 9.17) is 5.11 Å². The van der Waals surface area contributed by atoms with Crippen LogP contribution in [0.1, 0.15) is 39.5 Å². The molecular weight excluding hydrogens is 232 g/mol. The molecule has 1 N–H and O–H groups in total. The standard InChI is InChI=1S/C13H22N2O3/c1-9-4-3-5-10(2)15(9)13(18)14-7-11(8-14)6-12(16)17/h9-11H,3-8H2,1-2H3,(H,16,17)/t9-,10+. The monoisotopic (exact) mass is 254 g/mol. The summed E-state index contributed by atoms with van der Waals surface area (Å²) in [5.74, 6) is -0.631. The van der Waals surface area contributed by atoms with Crippen molar-refractivity contribution in [3.05, 3.63) is 0 Å². The van der Waals surface area contributed by atoms with E-state index in [1.807, 2.05) is 4.90 Å². The fraction of sp³-hybridized carbons (Fsp3) is 0.846. The molecule has 2 rings (SSSR count). The number of hydrogen-bond acceptors (Lipinski definition) is 2. The number of piperidine rings is 1. The van der Waals surface area contributed by atoms with Crippen molar-refractivity contribution in [2.75, 3.05) is 13.1 Å². The van der Waals surface area contributed by atoms with Crippen LogP contribution in [-0.4, -0.2) is 52.1 Å². The molecule has 2 aliphatic rings. The van der Waals surface area contributed by atoms with Crippen LogP contribution >= 0.6 is 0 Å². The Hall–Kier alpha value is -1.26. The zero-order valence-electron chi connectivity index (χ0n) is 11.1. The van der Waals surface area contributed by atoms with E-state index in [0.29, 0.717) is 25.2 Å². The largest absolute Gasteiger partial charge is 0.481 e.